The Morgan fingerprint density at radius 2 is 1.23 bits per heavy atom. The molecule has 0 fully saturated rings. The summed E-state index contributed by atoms with van der Waals surface area (Å²) in [5.74, 6) is 0.878. The fourth-order valence-electron chi connectivity index (χ4n) is 6.48. The zero-order valence-corrected chi connectivity index (χ0v) is 21.5. The van der Waals surface area contributed by atoms with Crippen molar-refractivity contribution in [1.82, 2.24) is 18.9 Å². The monoisotopic (exact) mass is 510 g/mol. The molecule has 4 heteroatoms. The van der Waals surface area contributed by atoms with Gasteiger partial charge in [-0.1, -0.05) is 78.9 Å². The van der Waals surface area contributed by atoms with Gasteiger partial charge >= 0.3 is 0 Å². The maximum absolute atomic E-state index is 5.11. The van der Waals surface area contributed by atoms with Crippen LogP contribution in [0.3, 0.4) is 0 Å². The van der Waals surface area contributed by atoms with E-state index in [1.54, 1.807) is 0 Å². The van der Waals surface area contributed by atoms with Crippen LogP contribution in [0.25, 0.3) is 77.1 Å². The molecule has 4 nitrogen and oxygen atoms in total. The number of fused-ring (bicyclic) bond motifs is 12. The van der Waals surface area contributed by atoms with Crippen LogP contribution in [0.15, 0.2) is 134 Å². The Morgan fingerprint density at radius 1 is 0.475 bits per heavy atom. The topological polar surface area (TPSA) is 35.1 Å². The molecule has 0 unspecified atom stereocenters. The second-order valence-electron chi connectivity index (χ2n) is 10.3. The van der Waals surface area contributed by atoms with Crippen molar-refractivity contribution in [3.63, 3.8) is 0 Å². The van der Waals surface area contributed by atoms with E-state index in [-0.39, 0.29) is 0 Å². The molecule has 0 radical (unpaired) electrons. The number of para-hydroxylation sites is 2. The molecule has 9 rings (SSSR count). The fourth-order valence-corrected chi connectivity index (χ4v) is 6.48. The molecule has 40 heavy (non-hydrogen) atoms. The van der Waals surface area contributed by atoms with Crippen LogP contribution in [0.1, 0.15) is 0 Å². The fraction of sp³-hybridized carbons (Fsp3) is 0. The Kier molecular flexibility index (Phi) is 4.30. The molecule has 0 saturated heterocycles. The molecule has 0 amide bonds. The van der Waals surface area contributed by atoms with Gasteiger partial charge in [-0.3, -0.25) is 9.55 Å². The van der Waals surface area contributed by atoms with Crippen LogP contribution < -0.4 is 0 Å². The van der Waals surface area contributed by atoms with Gasteiger partial charge in [-0.25, -0.2) is 4.98 Å². The van der Waals surface area contributed by atoms with Crippen LogP contribution in [0.5, 0.6) is 0 Å². The van der Waals surface area contributed by atoms with Gasteiger partial charge in [0, 0.05) is 33.1 Å². The number of aromatic nitrogens is 4. The van der Waals surface area contributed by atoms with Crippen molar-refractivity contribution in [2.45, 2.75) is 0 Å². The molecule has 0 aliphatic heterocycles. The predicted octanol–water partition coefficient (Wildman–Crippen LogP) is 8.95. The van der Waals surface area contributed by atoms with Crippen molar-refractivity contribution < 1.29 is 0 Å². The lowest BCUT2D eigenvalue weighted by Gasteiger charge is -2.13. The van der Waals surface area contributed by atoms with Crippen LogP contribution in [-0.2, 0) is 0 Å². The van der Waals surface area contributed by atoms with E-state index in [1.165, 1.54) is 48.9 Å². The van der Waals surface area contributed by atoms with Gasteiger partial charge < -0.3 is 4.40 Å². The molecule has 0 aliphatic rings. The quantitative estimate of drug-likeness (QED) is 0.218. The van der Waals surface area contributed by atoms with Crippen molar-refractivity contribution >= 4 is 59.9 Å². The minimum atomic E-state index is 0.856. The summed E-state index contributed by atoms with van der Waals surface area (Å²) < 4.78 is 4.76. The molecule has 0 bridgehead atoms. The van der Waals surface area contributed by atoms with Crippen LogP contribution in [-0.4, -0.2) is 18.9 Å². The molecule has 0 saturated carbocycles. The number of benzene rings is 4. The van der Waals surface area contributed by atoms with E-state index in [4.69, 9.17) is 4.98 Å². The van der Waals surface area contributed by atoms with E-state index in [0.717, 1.165) is 28.2 Å². The summed E-state index contributed by atoms with van der Waals surface area (Å²) in [6, 6.07) is 45.1. The Balaban J connectivity index is 1.50. The molecule has 5 heterocycles. The Bertz CT molecular complexity index is 2430. The lowest BCUT2D eigenvalue weighted by atomic mass is 10.0. The van der Waals surface area contributed by atoms with Crippen LogP contribution in [0, 0.1) is 0 Å². The lowest BCUT2D eigenvalue weighted by molar-refractivity contribution is 1.08. The third-order valence-electron chi connectivity index (χ3n) is 8.13. The van der Waals surface area contributed by atoms with Crippen molar-refractivity contribution in [1.29, 1.82) is 0 Å². The zero-order valence-electron chi connectivity index (χ0n) is 21.5. The van der Waals surface area contributed by atoms with Crippen molar-refractivity contribution in [2.75, 3.05) is 0 Å². The number of rotatable bonds is 2. The maximum Gasteiger partial charge on any atom is 0.138 e. The van der Waals surface area contributed by atoms with Gasteiger partial charge in [-0.05, 0) is 53.9 Å². The summed E-state index contributed by atoms with van der Waals surface area (Å²) in [6.45, 7) is 0. The normalized spacial score (nSPS) is 12.0. The first-order chi connectivity index (χ1) is 19.9. The third-order valence-corrected chi connectivity index (χ3v) is 8.13. The molecular formula is C36H22N4. The Morgan fingerprint density at radius 3 is 2.10 bits per heavy atom. The smallest absolute Gasteiger partial charge is 0.138 e. The average Bonchev–Trinajstić information content (AvgIpc) is 3.58. The molecule has 5 aromatic heterocycles. The third kappa shape index (κ3) is 2.85. The van der Waals surface area contributed by atoms with E-state index in [2.05, 4.69) is 117 Å². The van der Waals surface area contributed by atoms with Gasteiger partial charge in [-0.15, -0.1) is 0 Å². The number of hydrogen-bond acceptors (Lipinski definition) is 2. The molecule has 9 aromatic rings. The van der Waals surface area contributed by atoms with Crippen molar-refractivity contribution in [3.8, 4) is 17.2 Å². The van der Waals surface area contributed by atoms with E-state index < -0.39 is 0 Å². The molecule has 0 spiro atoms. The van der Waals surface area contributed by atoms with E-state index in [1.807, 2.05) is 30.5 Å². The van der Waals surface area contributed by atoms with Gasteiger partial charge in [0.2, 0.25) is 0 Å². The number of nitrogens with zero attached hydrogens (tertiary/aromatic N) is 4. The summed E-state index contributed by atoms with van der Waals surface area (Å²) in [7, 11) is 0. The average molecular weight is 511 g/mol. The lowest BCUT2D eigenvalue weighted by Crippen LogP contribution is -1.99. The highest BCUT2D eigenvalue weighted by molar-refractivity contribution is 6.27. The van der Waals surface area contributed by atoms with Gasteiger partial charge in [0.05, 0.1) is 39.0 Å². The summed E-state index contributed by atoms with van der Waals surface area (Å²) in [5.41, 5.74) is 7.65. The number of pyridine rings is 3. The van der Waals surface area contributed by atoms with Gasteiger partial charge in [-0.2, -0.15) is 0 Å². The van der Waals surface area contributed by atoms with E-state index >= 15 is 0 Å². The van der Waals surface area contributed by atoms with E-state index in [9.17, 15) is 0 Å². The van der Waals surface area contributed by atoms with Gasteiger partial charge in [0.1, 0.15) is 5.82 Å². The first-order valence-electron chi connectivity index (χ1n) is 13.5. The summed E-state index contributed by atoms with van der Waals surface area (Å²) >= 11 is 0. The SMILES string of the molecule is c1ccc(-c2cccc(-n3c4ccccc4c4c3ccc3c5ccccc5c5cc6ccccc6n5c34)n2)nc1. The second kappa shape index (κ2) is 8.01. The maximum atomic E-state index is 5.11. The van der Waals surface area contributed by atoms with Crippen molar-refractivity contribution in [2.24, 2.45) is 0 Å². The van der Waals surface area contributed by atoms with Crippen LogP contribution >= 0.6 is 0 Å². The largest absolute Gasteiger partial charge is 0.308 e. The van der Waals surface area contributed by atoms with E-state index in [0.29, 0.717) is 0 Å². The highest BCUT2D eigenvalue weighted by Crippen LogP contribution is 2.41. The highest BCUT2D eigenvalue weighted by Gasteiger charge is 2.20. The van der Waals surface area contributed by atoms with Gasteiger partial charge in [0.15, 0.2) is 0 Å². The van der Waals surface area contributed by atoms with Gasteiger partial charge in [0.25, 0.3) is 0 Å². The molecule has 4 aromatic carbocycles. The molecule has 0 N–H and O–H groups in total. The van der Waals surface area contributed by atoms with Crippen LogP contribution in [0.2, 0.25) is 0 Å². The Labute approximate surface area is 229 Å². The Hall–Kier alpha value is -5.48. The standard InChI is InChI=1S/C36H22N4/c1-5-16-30-23(10-1)22-33-25-12-3-2-11-24(25)26-19-20-32-35(36(26)40(30)33)27-13-4-6-17-31(27)39(32)34-18-9-15-29(38-34)28-14-7-8-21-37-28/h1-22H. The zero-order chi connectivity index (χ0) is 26.2. The van der Waals surface area contributed by atoms with Crippen molar-refractivity contribution in [3.05, 3.63) is 134 Å². The first-order valence-corrected chi connectivity index (χ1v) is 13.5. The molecule has 186 valence electrons. The minimum absolute atomic E-state index is 0.856. The summed E-state index contributed by atoms with van der Waals surface area (Å²) in [4.78, 5) is 9.66. The molecular weight excluding hydrogens is 488 g/mol. The predicted molar refractivity (Wildman–Crippen MR) is 165 cm³/mol. The molecule has 0 aliphatic carbocycles. The van der Waals surface area contributed by atoms with Crippen LogP contribution in [0.4, 0.5) is 0 Å². The highest BCUT2D eigenvalue weighted by atomic mass is 15.1. The second-order valence-corrected chi connectivity index (χ2v) is 10.3. The number of hydrogen-bond donors (Lipinski definition) is 0. The summed E-state index contributed by atoms with van der Waals surface area (Å²) in [5, 5.41) is 7.46. The first kappa shape index (κ1) is 21.5. The minimum Gasteiger partial charge on any atom is -0.308 e. The summed E-state index contributed by atoms with van der Waals surface area (Å²) in [6.07, 6.45) is 1.81. The molecule has 0 atom stereocenters.